The van der Waals surface area contributed by atoms with Gasteiger partial charge in [-0.3, -0.25) is 4.79 Å². The van der Waals surface area contributed by atoms with E-state index in [9.17, 15) is 4.79 Å². The summed E-state index contributed by atoms with van der Waals surface area (Å²) in [5.74, 6) is 0.0216. The van der Waals surface area contributed by atoms with Crippen LogP contribution in [0.4, 0.5) is 5.82 Å². The van der Waals surface area contributed by atoms with Crippen LogP contribution in [0.1, 0.15) is 33.1 Å². The van der Waals surface area contributed by atoms with E-state index < -0.39 is 5.97 Å². The Bertz CT molecular complexity index is 451. The van der Waals surface area contributed by atoms with E-state index in [0.717, 1.165) is 12.8 Å². The Labute approximate surface area is 112 Å². The van der Waals surface area contributed by atoms with Crippen LogP contribution >= 0.6 is 0 Å². The quantitative estimate of drug-likeness (QED) is 0.846. The summed E-state index contributed by atoms with van der Waals surface area (Å²) in [7, 11) is 0. The highest BCUT2D eigenvalue weighted by atomic mass is 16.5. The van der Waals surface area contributed by atoms with E-state index in [1.807, 2.05) is 13.8 Å². The maximum atomic E-state index is 11.1. The lowest BCUT2D eigenvalue weighted by Crippen LogP contribution is -2.30. The maximum Gasteiger partial charge on any atom is 0.308 e. The summed E-state index contributed by atoms with van der Waals surface area (Å²) in [6.45, 7) is 3.85. The number of carboxylic acid groups (broad SMARTS) is 1. The number of ether oxygens (including phenoxy) is 1. The van der Waals surface area contributed by atoms with Crippen molar-refractivity contribution in [2.45, 2.75) is 45.3 Å². The summed E-state index contributed by atoms with van der Waals surface area (Å²) in [4.78, 5) is 19.2. The molecule has 0 amide bonds. The van der Waals surface area contributed by atoms with E-state index in [2.05, 4.69) is 15.3 Å². The molecule has 2 unspecified atom stereocenters. The van der Waals surface area contributed by atoms with Gasteiger partial charge in [0.05, 0.1) is 12.0 Å². The second-order valence-electron chi connectivity index (χ2n) is 5.03. The van der Waals surface area contributed by atoms with Gasteiger partial charge in [-0.15, -0.1) is 0 Å². The van der Waals surface area contributed by atoms with Gasteiger partial charge in [0.25, 0.3) is 0 Å². The molecule has 1 saturated carbocycles. The predicted octanol–water partition coefficient (Wildman–Crippen LogP) is 1.93. The minimum absolute atomic E-state index is 0.0426. The first-order chi connectivity index (χ1) is 9.06. The first kappa shape index (κ1) is 13.6. The van der Waals surface area contributed by atoms with Crippen LogP contribution in [0.2, 0.25) is 0 Å². The van der Waals surface area contributed by atoms with Crippen molar-refractivity contribution in [3.05, 3.63) is 12.4 Å². The van der Waals surface area contributed by atoms with Crippen molar-refractivity contribution in [3.63, 3.8) is 0 Å². The van der Waals surface area contributed by atoms with Crippen LogP contribution < -0.4 is 10.1 Å². The number of aliphatic carboxylic acids is 1. The van der Waals surface area contributed by atoms with Crippen molar-refractivity contribution in [1.82, 2.24) is 9.97 Å². The number of nitrogens with zero attached hydrogens (tertiary/aromatic N) is 2. The van der Waals surface area contributed by atoms with Gasteiger partial charge in [-0.05, 0) is 26.7 Å². The summed E-state index contributed by atoms with van der Waals surface area (Å²) in [6.07, 6.45) is 3.95. The molecule has 104 valence electrons. The average Bonchev–Trinajstić information content (AvgIpc) is 2.76. The van der Waals surface area contributed by atoms with E-state index in [-0.39, 0.29) is 18.1 Å². The molecule has 1 aliphatic rings. The van der Waals surface area contributed by atoms with Crippen molar-refractivity contribution < 1.29 is 14.6 Å². The van der Waals surface area contributed by atoms with Gasteiger partial charge in [-0.1, -0.05) is 6.42 Å². The molecule has 0 spiro atoms. The zero-order valence-corrected chi connectivity index (χ0v) is 11.2. The summed E-state index contributed by atoms with van der Waals surface area (Å²) >= 11 is 0. The van der Waals surface area contributed by atoms with Crippen LogP contribution in [0.25, 0.3) is 0 Å². The fourth-order valence-electron chi connectivity index (χ4n) is 2.34. The lowest BCUT2D eigenvalue weighted by molar-refractivity contribution is -0.141. The largest absolute Gasteiger partial charge is 0.481 e. The number of rotatable bonds is 5. The van der Waals surface area contributed by atoms with Gasteiger partial charge in [-0.2, -0.15) is 0 Å². The summed E-state index contributed by atoms with van der Waals surface area (Å²) in [5.41, 5.74) is 0. The van der Waals surface area contributed by atoms with Crippen LogP contribution in [0, 0.1) is 5.92 Å². The van der Waals surface area contributed by atoms with Crippen molar-refractivity contribution >= 4 is 11.8 Å². The van der Waals surface area contributed by atoms with Crippen molar-refractivity contribution in [2.24, 2.45) is 5.92 Å². The molecule has 19 heavy (non-hydrogen) atoms. The highest BCUT2D eigenvalue weighted by Crippen LogP contribution is 2.28. The number of anilines is 1. The van der Waals surface area contributed by atoms with Crippen molar-refractivity contribution in [3.8, 4) is 5.88 Å². The van der Waals surface area contributed by atoms with E-state index in [4.69, 9.17) is 9.84 Å². The number of carboxylic acids is 1. The molecule has 1 aliphatic carbocycles. The predicted molar refractivity (Wildman–Crippen MR) is 70.2 cm³/mol. The van der Waals surface area contributed by atoms with Crippen LogP contribution in [0.3, 0.4) is 0 Å². The lowest BCUT2D eigenvalue weighted by Gasteiger charge is -2.18. The SMILES string of the molecule is CC(C)Oc1cc(NC2CCCC2C(=O)O)ncn1. The summed E-state index contributed by atoms with van der Waals surface area (Å²) in [5, 5.41) is 12.3. The normalized spacial score (nSPS) is 22.5. The Balaban J connectivity index is 2.04. The number of hydrogen-bond acceptors (Lipinski definition) is 5. The molecule has 1 aromatic rings. The van der Waals surface area contributed by atoms with Gasteiger partial charge in [0.1, 0.15) is 12.1 Å². The van der Waals surface area contributed by atoms with Crippen LogP contribution in [0.5, 0.6) is 5.88 Å². The molecule has 2 rings (SSSR count). The molecule has 1 heterocycles. The Kier molecular flexibility index (Phi) is 4.19. The monoisotopic (exact) mass is 265 g/mol. The van der Waals surface area contributed by atoms with Crippen LogP contribution in [-0.2, 0) is 4.79 Å². The van der Waals surface area contributed by atoms with E-state index in [1.165, 1.54) is 6.33 Å². The second kappa shape index (κ2) is 5.86. The molecule has 1 fully saturated rings. The molecule has 0 saturated heterocycles. The fraction of sp³-hybridized carbons (Fsp3) is 0.615. The molecule has 2 atom stereocenters. The third kappa shape index (κ3) is 3.56. The Morgan fingerprint density at radius 3 is 2.95 bits per heavy atom. The minimum Gasteiger partial charge on any atom is -0.481 e. The van der Waals surface area contributed by atoms with Crippen molar-refractivity contribution in [1.29, 1.82) is 0 Å². The summed E-state index contributed by atoms with van der Waals surface area (Å²) in [6, 6.07) is 1.64. The van der Waals surface area contributed by atoms with E-state index in [0.29, 0.717) is 18.1 Å². The zero-order chi connectivity index (χ0) is 13.8. The smallest absolute Gasteiger partial charge is 0.308 e. The topological polar surface area (TPSA) is 84.3 Å². The molecule has 1 aromatic heterocycles. The Morgan fingerprint density at radius 2 is 2.26 bits per heavy atom. The fourth-order valence-corrected chi connectivity index (χ4v) is 2.34. The maximum absolute atomic E-state index is 11.1. The molecule has 2 N–H and O–H groups in total. The molecule has 0 aliphatic heterocycles. The number of carbonyl (C=O) groups is 1. The Hall–Kier alpha value is -1.85. The van der Waals surface area contributed by atoms with Crippen molar-refractivity contribution in [2.75, 3.05) is 5.32 Å². The third-order valence-corrected chi connectivity index (χ3v) is 3.16. The van der Waals surface area contributed by atoms with Gasteiger partial charge >= 0.3 is 5.97 Å². The molecule has 0 bridgehead atoms. The highest BCUT2D eigenvalue weighted by molar-refractivity contribution is 5.72. The average molecular weight is 265 g/mol. The standard InChI is InChI=1S/C13H19N3O3/c1-8(2)19-12-6-11(14-7-15-12)16-10-5-3-4-9(10)13(17)18/h6-10H,3-5H2,1-2H3,(H,17,18)(H,14,15,16). The van der Waals surface area contributed by atoms with Gasteiger partial charge in [0.2, 0.25) is 5.88 Å². The second-order valence-corrected chi connectivity index (χ2v) is 5.03. The van der Waals surface area contributed by atoms with E-state index in [1.54, 1.807) is 6.07 Å². The highest BCUT2D eigenvalue weighted by Gasteiger charge is 2.33. The number of hydrogen-bond donors (Lipinski definition) is 2. The molecule has 0 radical (unpaired) electrons. The van der Waals surface area contributed by atoms with Gasteiger partial charge < -0.3 is 15.2 Å². The van der Waals surface area contributed by atoms with Gasteiger partial charge in [-0.25, -0.2) is 9.97 Å². The van der Waals surface area contributed by atoms with E-state index >= 15 is 0 Å². The number of nitrogens with one attached hydrogen (secondary N) is 1. The molecular formula is C13H19N3O3. The molecule has 0 aromatic carbocycles. The first-order valence-corrected chi connectivity index (χ1v) is 6.54. The zero-order valence-electron chi connectivity index (χ0n) is 11.2. The van der Waals surface area contributed by atoms with Crippen LogP contribution in [-0.4, -0.2) is 33.2 Å². The van der Waals surface area contributed by atoms with Gasteiger partial charge in [0, 0.05) is 12.1 Å². The van der Waals surface area contributed by atoms with Gasteiger partial charge in [0.15, 0.2) is 0 Å². The first-order valence-electron chi connectivity index (χ1n) is 6.54. The lowest BCUT2D eigenvalue weighted by atomic mass is 10.0. The minimum atomic E-state index is -0.747. The molecular weight excluding hydrogens is 246 g/mol. The van der Waals surface area contributed by atoms with Crippen LogP contribution in [0.15, 0.2) is 12.4 Å². The molecule has 6 heteroatoms. The summed E-state index contributed by atoms with van der Waals surface area (Å²) < 4.78 is 5.49. The molecule has 6 nitrogen and oxygen atoms in total. The number of aromatic nitrogens is 2. The third-order valence-electron chi connectivity index (χ3n) is 3.16. The Morgan fingerprint density at radius 1 is 1.47 bits per heavy atom.